The van der Waals surface area contributed by atoms with Gasteiger partial charge in [0, 0.05) is 24.5 Å². The molecular formula is C12H21N3O2S. The molecule has 0 aromatic heterocycles. The van der Waals surface area contributed by atoms with E-state index < -0.39 is 10.0 Å². The van der Waals surface area contributed by atoms with Gasteiger partial charge in [0.25, 0.3) is 0 Å². The average Bonchev–Trinajstić information content (AvgIpc) is 2.27. The van der Waals surface area contributed by atoms with Gasteiger partial charge in [0.2, 0.25) is 10.0 Å². The number of nitrogens with zero attached hydrogens (tertiary/aromatic N) is 1. The lowest BCUT2D eigenvalue weighted by Crippen LogP contribution is -2.32. The van der Waals surface area contributed by atoms with Crippen molar-refractivity contribution in [2.24, 2.45) is 0 Å². The van der Waals surface area contributed by atoms with Crippen LogP contribution in [0.15, 0.2) is 12.1 Å². The zero-order valence-corrected chi connectivity index (χ0v) is 11.9. The van der Waals surface area contributed by atoms with Crippen LogP contribution in [0, 0.1) is 6.92 Å². The molecule has 1 aromatic carbocycles. The van der Waals surface area contributed by atoms with Crippen molar-refractivity contribution in [3.05, 3.63) is 23.3 Å². The molecule has 18 heavy (non-hydrogen) atoms. The Bertz CT molecular complexity index is 526. The first-order valence-electron chi connectivity index (χ1n) is 5.86. The molecule has 1 rings (SSSR count). The number of nitrogen functional groups attached to an aromatic ring is 2. The molecule has 0 spiro atoms. The van der Waals surface area contributed by atoms with Gasteiger partial charge in [-0.1, -0.05) is 6.92 Å². The molecule has 0 saturated heterocycles. The summed E-state index contributed by atoms with van der Waals surface area (Å²) in [6.45, 7) is 4.60. The van der Waals surface area contributed by atoms with Crippen LogP contribution < -0.4 is 11.5 Å². The van der Waals surface area contributed by atoms with Gasteiger partial charge in [-0.3, -0.25) is 0 Å². The molecule has 4 N–H and O–H groups in total. The van der Waals surface area contributed by atoms with E-state index in [1.165, 1.54) is 10.6 Å². The van der Waals surface area contributed by atoms with Crippen LogP contribution >= 0.6 is 0 Å². The fourth-order valence-electron chi connectivity index (χ4n) is 1.92. The first-order chi connectivity index (χ1) is 8.27. The van der Waals surface area contributed by atoms with Crippen molar-refractivity contribution in [3.63, 3.8) is 0 Å². The Labute approximate surface area is 109 Å². The van der Waals surface area contributed by atoms with E-state index in [-0.39, 0.29) is 0 Å². The Kier molecular flexibility index (Phi) is 4.59. The molecule has 0 aliphatic rings. The quantitative estimate of drug-likeness (QED) is 0.781. The maximum Gasteiger partial charge on any atom is 0.211 e. The normalized spacial score (nSPS) is 12.0. The maximum atomic E-state index is 11.5. The highest BCUT2D eigenvalue weighted by Gasteiger charge is 2.15. The SMILES string of the molecule is CCN(CCc1c(N)ccc(N)c1C)S(C)(=O)=O. The van der Waals surface area contributed by atoms with Gasteiger partial charge in [-0.25, -0.2) is 12.7 Å². The average molecular weight is 271 g/mol. The van der Waals surface area contributed by atoms with Gasteiger partial charge in [-0.2, -0.15) is 0 Å². The van der Waals surface area contributed by atoms with Crippen molar-refractivity contribution in [1.82, 2.24) is 4.31 Å². The standard InChI is InChI=1S/C12H21N3O2S/c1-4-15(18(3,16)17)8-7-10-9(2)11(13)5-6-12(10)14/h5-6H,4,7-8,13-14H2,1-3H3. The fourth-order valence-corrected chi connectivity index (χ4v) is 2.81. The van der Waals surface area contributed by atoms with E-state index in [9.17, 15) is 8.42 Å². The van der Waals surface area contributed by atoms with E-state index in [1.54, 1.807) is 12.1 Å². The minimum absolute atomic E-state index is 0.420. The number of nitrogens with two attached hydrogens (primary N) is 2. The molecule has 0 fully saturated rings. The zero-order chi connectivity index (χ0) is 13.9. The maximum absolute atomic E-state index is 11.5. The topological polar surface area (TPSA) is 89.4 Å². The number of anilines is 2. The molecule has 102 valence electrons. The van der Waals surface area contributed by atoms with Crippen LogP contribution in [-0.2, 0) is 16.4 Å². The van der Waals surface area contributed by atoms with E-state index in [1.807, 2.05) is 13.8 Å². The van der Waals surface area contributed by atoms with Gasteiger partial charge >= 0.3 is 0 Å². The molecule has 1 aromatic rings. The summed E-state index contributed by atoms with van der Waals surface area (Å²) in [5.41, 5.74) is 14.9. The summed E-state index contributed by atoms with van der Waals surface area (Å²) in [6, 6.07) is 3.52. The van der Waals surface area contributed by atoms with Crippen LogP contribution in [-0.4, -0.2) is 32.1 Å². The molecule has 0 unspecified atom stereocenters. The molecule has 0 amide bonds. The summed E-state index contributed by atoms with van der Waals surface area (Å²) in [4.78, 5) is 0. The second-order valence-electron chi connectivity index (χ2n) is 4.35. The number of likely N-dealkylation sites (N-methyl/N-ethyl adjacent to an activating group) is 1. The van der Waals surface area contributed by atoms with Crippen molar-refractivity contribution in [3.8, 4) is 0 Å². The molecule has 0 aliphatic heterocycles. The van der Waals surface area contributed by atoms with Crippen LogP contribution in [0.5, 0.6) is 0 Å². The van der Waals surface area contributed by atoms with Crippen molar-refractivity contribution < 1.29 is 8.42 Å². The van der Waals surface area contributed by atoms with E-state index >= 15 is 0 Å². The molecule has 0 saturated carbocycles. The first-order valence-corrected chi connectivity index (χ1v) is 7.70. The summed E-state index contributed by atoms with van der Waals surface area (Å²) < 4.78 is 24.4. The predicted octanol–water partition coefficient (Wildman–Crippen LogP) is 0.983. The lowest BCUT2D eigenvalue weighted by Gasteiger charge is -2.19. The number of sulfonamides is 1. The predicted molar refractivity (Wildman–Crippen MR) is 75.8 cm³/mol. The lowest BCUT2D eigenvalue weighted by molar-refractivity contribution is 0.435. The van der Waals surface area contributed by atoms with Gasteiger partial charge in [-0.15, -0.1) is 0 Å². The Hall–Kier alpha value is -1.27. The molecule has 5 nitrogen and oxygen atoms in total. The van der Waals surface area contributed by atoms with Crippen LogP contribution in [0.25, 0.3) is 0 Å². The molecule has 0 atom stereocenters. The molecule has 0 heterocycles. The van der Waals surface area contributed by atoms with Crippen LogP contribution in [0.2, 0.25) is 0 Å². The largest absolute Gasteiger partial charge is 0.399 e. The summed E-state index contributed by atoms with van der Waals surface area (Å²) in [5, 5.41) is 0. The van der Waals surface area contributed by atoms with Crippen molar-refractivity contribution in [2.45, 2.75) is 20.3 Å². The molecule has 6 heteroatoms. The van der Waals surface area contributed by atoms with Gasteiger partial charge < -0.3 is 11.5 Å². The van der Waals surface area contributed by atoms with E-state index in [0.29, 0.717) is 30.9 Å². The van der Waals surface area contributed by atoms with Crippen molar-refractivity contribution in [2.75, 3.05) is 30.8 Å². The smallest absolute Gasteiger partial charge is 0.211 e. The molecule has 0 radical (unpaired) electrons. The first kappa shape index (κ1) is 14.8. The van der Waals surface area contributed by atoms with Crippen molar-refractivity contribution >= 4 is 21.4 Å². The Morgan fingerprint density at radius 2 is 1.78 bits per heavy atom. The van der Waals surface area contributed by atoms with Gasteiger partial charge in [0.15, 0.2) is 0 Å². The third-order valence-corrected chi connectivity index (χ3v) is 4.49. The highest BCUT2D eigenvalue weighted by Crippen LogP contribution is 2.23. The molecular weight excluding hydrogens is 250 g/mol. The zero-order valence-electron chi connectivity index (χ0n) is 11.1. The van der Waals surface area contributed by atoms with E-state index in [2.05, 4.69) is 0 Å². The van der Waals surface area contributed by atoms with Crippen LogP contribution in [0.4, 0.5) is 11.4 Å². The number of hydrogen-bond donors (Lipinski definition) is 2. The Morgan fingerprint density at radius 3 is 2.28 bits per heavy atom. The third kappa shape index (κ3) is 3.36. The number of benzene rings is 1. The minimum atomic E-state index is -3.16. The summed E-state index contributed by atoms with van der Waals surface area (Å²) in [6.07, 6.45) is 1.79. The van der Waals surface area contributed by atoms with E-state index in [4.69, 9.17) is 11.5 Å². The molecule has 0 aliphatic carbocycles. The summed E-state index contributed by atoms with van der Waals surface area (Å²) >= 11 is 0. The number of hydrogen-bond acceptors (Lipinski definition) is 4. The highest BCUT2D eigenvalue weighted by molar-refractivity contribution is 7.88. The van der Waals surface area contributed by atoms with Gasteiger partial charge in [-0.05, 0) is 36.6 Å². The van der Waals surface area contributed by atoms with E-state index in [0.717, 1.165) is 11.1 Å². The second-order valence-corrected chi connectivity index (χ2v) is 6.33. The highest BCUT2D eigenvalue weighted by atomic mass is 32.2. The lowest BCUT2D eigenvalue weighted by atomic mass is 10.0. The molecule has 0 bridgehead atoms. The van der Waals surface area contributed by atoms with Gasteiger partial charge in [0.05, 0.1) is 6.26 Å². The minimum Gasteiger partial charge on any atom is -0.399 e. The Balaban J connectivity index is 2.90. The number of rotatable bonds is 5. The summed E-state index contributed by atoms with van der Waals surface area (Å²) in [5.74, 6) is 0. The van der Waals surface area contributed by atoms with Crippen LogP contribution in [0.3, 0.4) is 0 Å². The van der Waals surface area contributed by atoms with Crippen LogP contribution in [0.1, 0.15) is 18.1 Å². The van der Waals surface area contributed by atoms with Crippen molar-refractivity contribution in [1.29, 1.82) is 0 Å². The fraction of sp³-hybridized carbons (Fsp3) is 0.500. The summed E-state index contributed by atoms with van der Waals surface area (Å²) in [7, 11) is -3.16. The Morgan fingerprint density at radius 1 is 1.22 bits per heavy atom. The monoisotopic (exact) mass is 271 g/mol. The van der Waals surface area contributed by atoms with Gasteiger partial charge in [0.1, 0.15) is 0 Å². The third-order valence-electron chi connectivity index (χ3n) is 3.11. The second kappa shape index (κ2) is 5.58.